The van der Waals surface area contributed by atoms with E-state index < -0.39 is 8.56 Å². The second-order valence-corrected chi connectivity index (χ2v) is 6.70. The van der Waals surface area contributed by atoms with Crippen molar-refractivity contribution in [1.29, 1.82) is 0 Å². The Morgan fingerprint density at radius 1 is 1.33 bits per heavy atom. The number of nitrogens with two attached hydrogens (primary N) is 2. The number of rotatable bonds is 6. The van der Waals surface area contributed by atoms with Crippen molar-refractivity contribution in [3.05, 3.63) is 0 Å². The highest BCUT2D eigenvalue weighted by Crippen LogP contribution is 2.05. The lowest BCUT2D eigenvalue weighted by atomic mass is 10.4. The molecule has 0 amide bonds. The molecule has 0 rings (SSSR count). The molecule has 0 aromatic heterocycles. The van der Waals surface area contributed by atoms with Gasteiger partial charge in [-0.3, -0.25) is 0 Å². The van der Waals surface area contributed by atoms with Gasteiger partial charge in [-0.15, -0.1) is 0 Å². The van der Waals surface area contributed by atoms with Gasteiger partial charge < -0.3 is 20.3 Å². The molecule has 4 N–H and O–H groups in total. The van der Waals surface area contributed by atoms with Crippen LogP contribution in [0.3, 0.4) is 0 Å². The van der Waals surface area contributed by atoms with Gasteiger partial charge in [0.25, 0.3) is 0 Å². The van der Waals surface area contributed by atoms with E-state index >= 15 is 0 Å². The molecule has 74 valence electrons. The van der Waals surface area contributed by atoms with Gasteiger partial charge in [0.2, 0.25) is 0 Å². The fraction of sp³-hybridized carbons (Fsp3) is 1.00. The van der Waals surface area contributed by atoms with E-state index in [9.17, 15) is 0 Å². The molecule has 0 fully saturated rings. The number of hydrogen-bond acceptors (Lipinski definition) is 4. The minimum absolute atomic E-state index is 0.0678. The molecule has 0 bridgehead atoms. The van der Waals surface area contributed by atoms with Crippen molar-refractivity contribution < 1.29 is 8.85 Å². The Kier molecular flexibility index (Phi) is 5.69. The van der Waals surface area contributed by atoms with Crippen LogP contribution >= 0.6 is 0 Å². The van der Waals surface area contributed by atoms with Gasteiger partial charge in [0.05, 0.1) is 6.61 Å². The molecule has 0 aromatic carbocycles. The molecule has 1 unspecified atom stereocenters. The molecule has 4 nitrogen and oxygen atoms in total. The molecular weight excluding hydrogens is 172 g/mol. The minimum Gasteiger partial charge on any atom is -0.393 e. The highest BCUT2D eigenvalue weighted by atomic mass is 28.4. The van der Waals surface area contributed by atoms with Crippen LogP contribution in [0.4, 0.5) is 0 Å². The smallest absolute Gasteiger partial charge is 0.331 e. The molecular formula is C7H20N2O2Si. The summed E-state index contributed by atoms with van der Waals surface area (Å²) in [5.74, 6) is 0. The van der Waals surface area contributed by atoms with Crippen LogP contribution < -0.4 is 11.5 Å². The summed E-state index contributed by atoms with van der Waals surface area (Å²) in [6.45, 7) is 7.56. The molecule has 5 heteroatoms. The zero-order valence-electron chi connectivity index (χ0n) is 8.17. The van der Waals surface area contributed by atoms with Gasteiger partial charge in [-0.25, -0.2) is 0 Å². The summed E-state index contributed by atoms with van der Waals surface area (Å²) < 4.78 is 11.0. The SMILES string of the molecule is CC(N)CO[Si](C)(C)OCCN. The van der Waals surface area contributed by atoms with E-state index in [1.54, 1.807) is 0 Å². The highest BCUT2D eigenvalue weighted by molar-refractivity contribution is 6.64. The molecule has 0 aromatic rings. The zero-order chi connectivity index (χ0) is 9.61. The highest BCUT2D eigenvalue weighted by Gasteiger charge is 2.24. The van der Waals surface area contributed by atoms with Crippen LogP contribution in [0.5, 0.6) is 0 Å². The van der Waals surface area contributed by atoms with Crippen LogP contribution in [0.1, 0.15) is 6.92 Å². The maximum Gasteiger partial charge on any atom is 0.331 e. The third kappa shape index (κ3) is 6.75. The summed E-state index contributed by atoms with van der Waals surface area (Å²) in [5.41, 5.74) is 10.9. The Labute approximate surface area is 75.5 Å². The third-order valence-corrected chi connectivity index (χ3v) is 3.02. The van der Waals surface area contributed by atoms with Crippen LogP contribution in [-0.2, 0) is 8.85 Å². The summed E-state index contributed by atoms with van der Waals surface area (Å²) >= 11 is 0. The summed E-state index contributed by atoms with van der Waals surface area (Å²) in [6, 6.07) is 0.0678. The first-order chi connectivity index (χ1) is 5.48. The lowest BCUT2D eigenvalue weighted by Crippen LogP contribution is -2.40. The summed E-state index contributed by atoms with van der Waals surface area (Å²) in [6.07, 6.45) is 0. The molecule has 0 aliphatic carbocycles. The van der Waals surface area contributed by atoms with Crippen molar-refractivity contribution >= 4 is 8.56 Å². The van der Waals surface area contributed by atoms with E-state index in [1.807, 2.05) is 20.0 Å². The molecule has 1 atom stereocenters. The predicted octanol–water partition coefficient (Wildman–Crippen LogP) is 0.0273. The Bertz CT molecular complexity index is 120. The lowest BCUT2D eigenvalue weighted by molar-refractivity contribution is 0.176. The molecule has 0 heterocycles. The fourth-order valence-corrected chi connectivity index (χ4v) is 2.04. The Hall–Kier alpha value is 0.0569. The molecule has 0 saturated heterocycles. The predicted molar refractivity (Wildman–Crippen MR) is 52.1 cm³/mol. The van der Waals surface area contributed by atoms with Gasteiger partial charge in [0.15, 0.2) is 0 Å². The normalized spacial score (nSPS) is 14.8. The first kappa shape index (κ1) is 12.1. The van der Waals surface area contributed by atoms with Crippen LogP contribution in [0.15, 0.2) is 0 Å². The van der Waals surface area contributed by atoms with Crippen molar-refractivity contribution in [2.75, 3.05) is 19.8 Å². The van der Waals surface area contributed by atoms with E-state index in [2.05, 4.69) is 0 Å². The van der Waals surface area contributed by atoms with Crippen LogP contribution in [0, 0.1) is 0 Å². The molecule has 0 aliphatic heterocycles. The first-order valence-electron chi connectivity index (χ1n) is 4.21. The Morgan fingerprint density at radius 2 is 1.92 bits per heavy atom. The zero-order valence-corrected chi connectivity index (χ0v) is 9.17. The van der Waals surface area contributed by atoms with Crippen molar-refractivity contribution in [1.82, 2.24) is 0 Å². The van der Waals surface area contributed by atoms with Gasteiger partial charge in [0.1, 0.15) is 0 Å². The van der Waals surface area contributed by atoms with E-state index in [-0.39, 0.29) is 6.04 Å². The second-order valence-electron chi connectivity index (χ2n) is 3.33. The van der Waals surface area contributed by atoms with Crippen molar-refractivity contribution in [3.63, 3.8) is 0 Å². The third-order valence-electron chi connectivity index (χ3n) is 1.26. The van der Waals surface area contributed by atoms with E-state index in [0.717, 1.165) is 0 Å². The lowest BCUT2D eigenvalue weighted by Gasteiger charge is -2.23. The average molecular weight is 192 g/mol. The molecule has 0 saturated carbocycles. The maximum absolute atomic E-state index is 5.55. The monoisotopic (exact) mass is 192 g/mol. The number of hydrogen-bond donors (Lipinski definition) is 2. The quantitative estimate of drug-likeness (QED) is 0.582. The second kappa shape index (κ2) is 5.66. The van der Waals surface area contributed by atoms with Gasteiger partial charge in [-0.1, -0.05) is 0 Å². The van der Waals surface area contributed by atoms with E-state index in [0.29, 0.717) is 19.8 Å². The molecule has 0 radical (unpaired) electrons. The van der Waals surface area contributed by atoms with Crippen LogP contribution in [-0.4, -0.2) is 34.4 Å². The van der Waals surface area contributed by atoms with Gasteiger partial charge in [-0.05, 0) is 20.0 Å². The Morgan fingerprint density at radius 3 is 2.33 bits per heavy atom. The summed E-state index contributed by atoms with van der Waals surface area (Å²) in [7, 11) is -1.95. The first-order valence-corrected chi connectivity index (χ1v) is 7.03. The van der Waals surface area contributed by atoms with Crippen molar-refractivity contribution in [2.45, 2.75) is 26.1 Å². The molecule has 0 spiro atoms. The summed E-state index contributed by atoms with van der Waals surface area (Å²) in [5, 5.41) is 0. The van der Waals surface area contributed by atoms with Gasteiger partial charge >= 0.3 is 8.56 Å². The van der Waals surface area contributed by atoms with Crippen molar-refractivity contribution in [3.8, 4) is 0 Å². The minimum atomic E-state index is -1.95. The average Bonchev–Trinajstić information content (AvgIpc) is 1.98. The Balaban J connectivity index is 3.56. The van der Waals surface area contributed by atoms with Crippen molar-refractivity contribution in [2.24, 2.45) is 11.5 Å². The topological polar surface area (TPSA) is 70.5 Å². The fourth-order valence-electron chi connectivity index (χ4n) is 0.679. The van der Waals surface area contributed by atoms with Crippen LogP contribution in [0.25, 0.3) is 0 Å². The van der Waals surface area contributed by atoms with Gasteiger partial charge in [-0.2, -0.15) is 0 Å². The van der Waals surface area contributed by atoms with Gasteiger partial charge in [0, 0.05) is 19.2 Å². The standard InChI is InChI=1S/C7H20N2O2Si/c1-7(9)6-11-12(2,3)10-5-4-8/h7H,4-6,8-9H2,1-3H3. The van der Waals surface area contributed by atoms with E-state index in [1.165, 1.54) is 0 Å². The van der Waals surface area contributed by atoms with E-state index in [4.69, 9.17) is 20.3 Å². The maximum atomic E-state index is 5.55. The molecule has 12 heavy (non-hydrogen) atoms. The summed E-state index contributed by atoms with van der Waals surface area (Å²) in [4.78, 5) is 0. The molecule has 0 aliphatic rings. The largest absolute Gasteiger partial charge is 0.393 e. The van der Waals surface area contributed by atoms with Crippen LogP contribution in [0.2, 0.25) is 13.1 Å².